The van der Waals surface area contributed by atoms with Crippen LogP contribution in [0.5, 0.6) is 0 Å². The number of amides is 2. The van der Waals surface area contributed by atoms with Gasteiger partial charge in [0.2, 0.25) is 5.91 Å². The standard InChI is InChI=1S/C18H22N2O2S/c1-3-4-8-14-17(21)19(2)10-11-20(14)18(22)16-12-13-7-5-6-9-15(13)23-16/h5-7,9,12,14H,3-4,8,10-11H2,1-2H3. The summed E-state index contributed by atoms with van der Waals surface area (Å²) < 4.78 is 1.11. The second kappa shape index (κ2) is 6.71. The molecule has 1 saturated heterocycles. The zero-order valence-corrected chi connectivity index (χ0v) is 14.4. The summed E-state index contributed by atoms with van der Waals surface area (Å²) in [5.74, 6) is 0.0629. The van der Waals surface area contributed by atoms with Gasteiger partial charge >= 0.3 is 0 Å². The Labute approximate surface area is 140 Å². The van der Waals surface area contributed by atoms with Crippen LogP contribution in [0, 0.1) is 0 Å². The van der Waals surface area contributed by atoms with Gasteiger partial charge in [0.25, 0.3) is 5.91 Å². The van der Waals surface area contributed by atoms with Crippen molar-refractivity contribution in [2.75, 3.05) is 20.1 Å². The van der Waals surface area contributed by atoms with Crippen LogP contribution in [0.25, 0.3) is 10.1 Å². The number of benzene rings is 1. The summed E-state index contributed by atoms with van der Waals surface area (Å²) >= 11 is 1.51. The van der Waals surface area contributed by atoms with Gasteiger partial charge < -0.3 is 9.80 Å². The third-order valence-electron chi connectivity index (χ3n) is 4.44. The highest BCUT2D eigenvalue weighted by Gasteiger charge is 2.36. The minimum atomic E-state index is -0.314. The Morgan fingerprint density at radius 1 is 1.30 bits per heavy atom. The van der Waals surface area contributed by atoms with Crippen molar-refractivity contribution in [3.63, 3.8) is 0 Å². The summed E-state index contributed by atoms with van der Waals surface area (Å²) in [5.41, 5.74) is 0. The third-order valence-corrected chi connectivity index (χ3v) is 5.55. The molecule has 122 valence electrons. The first-order valence-electron chi connectivity index (χ1n) is 8.16. The molecule has 23 heavy (non-hydrogen) atoms. The smallest absolute Gasteiger partial charge is 0.264 e. The lowest BCUT2D eigenvalue weighted by atomic mass is 10.0. The summed E-state index contributed by atoms with van der Waals surface area (Å²) in [6.45, 7) is 3.33. The van der Waals surface area contributed by atoms with Gasteiger partial charge in [0.05, 0.1) is 4.88 Å². The first kappa shape index (κ1) is 16.0. The number of hydrogen-bond donors (Lipinski definition) is 0. The molecule has 0 aliphatic carbocycles. The van der Waals surface area contributed by atoms with Gasteiger partial charge in [-0.25, -0.2) is 0 Å². The SMILES string of the molecule is CCCCC1C(=O)N(C)CCN1C(=O)c1cc2ccccc2s1. The van der Waals surface area contributed by atoms with Crippen molar-refractivity contribution < 1.29 is 9.59 Å². The predicted octanol–water partition coefficient (Wildman–Crippen LogP) is 3.37. The summed E-state index contributed by atoms with van der Waals surface area (Å²) in [6, 6.07) is 9.64. The van der Waals surface area contributed by atoms with Gasteiger partial charge in [-0.05, 0) is 23.9 Å². The monoisotopic (exact) mass is 330 g/mol. The van der Waals surface area contributed by atoms with Gasteiger partial charge in [0.15, 0.2) is 0 Å². The maximum atomic E-state index is 13.0. The Balaban J connectivity index is 1.87. The number of unbranched alkanes of at least 4 members (excludes halogenated alkanes) is 1. The molecule has 1 aromatic carbocycles. The number of nitrogens with zero attached hydrogens (tertiary/aromatic N) is 2. The Hall–Kier alpha value is -1.88. The molecule has 2 heterocycles. The average Bonchev–Trinajstić information content (AvgIpc) is 2.99. The molecule has 1 unspecified atom stereocenters. The van der Waals surface area contributed by atoms with E-state index >= 15 is 0 Å². The van der Waals surface area contributed by atoms with Crippen molar-refractivity contribution in [3.8, 4) is 0 Å². The van der Waals surface area contributed by atoms with Crippen LogP contribution in [-0.4, -0.2) is 47.8 Å². The molecule has 2 amide bonds. The van der Waals surface area contributed by atoms with Gasteiger partial charge in [0.1, 0.15) is 6.04 Å². The van der Waals surface area contributed by atoms with Crippen LogP contribution in [0.2, 0.25) is 0 Å². The van der Waals surface area contributed by atoms with E-state index in [1.165, 1.54) is 11.3 Å². The van der Waals surface area contributed by atoms with Crippen LogP contribution in [-0.2, 0) is 4.79 Å². The largest absolute Gasteiger partial charge is 0.342 e. The van der Waals surface area contributed by atoms with Crippen LogP contribution < -0.4 is 0 Å². The maximum Gasteiger partial charge on any atom is 0.264 e. The molecule has 3 rings (SSSR count). The van der Waals surface area contributed by atoms with E-state index in [9.17, 15) is 9.59 Å². The Kier molecular flexibility index (Phi) is 4.66. The number of carbonyl (C=O) groups is 2. The summed E-state index contributed by atoms with van der Waals surface area (Å²) in [4.78, 5) is 29.7. The lowest BCUT2D eigenvalue weighted by Gasteiger charge is -2.39. The van der Waals surface area contributed by atoms with Gasteiger partial charge in [-0.15, -0.1) is 11.3 Å². The van der Waals surface area contributed by atoms with Crippen LogP contribution in [0.1, 0.15) is 35.9 Å². The first-order valence-corrected chi connectivity index (χ1v) is 8.98. The van der Waals surface area contributed by atoms with E-state index in [1.807, 2.05) is 37.4 Å². The minimum Gasteiger partial charge on any atom is -0.342 e. The average molecular weight is 330 g/mol. The quantitative estimate of drug-likeness (QED) is 0.862. The molecule has 0 bridgehead atoms. The second-order valence-corrected chi connectivity index (χ2v) is 7.15. The lowest BCUT2D eigenvalue weighted by Crippen LogP contribution is -2.57. The van der Waals surface area contributed by atoms with E-state index in [-0.39, 0.29) is 17.9 Å². The summed E-state index contributed by atoms with van der Waals surface area (Å²) in [7, 11) is 1.82. The Morgan fingerprint density at radius 2 is 2.09 bits per heavy atom. The summed E-state index contributed by atoms with van der Waals surface area (Å²) in [6.07, 6.45) is 2.73. The van der Waals surface area contributed by atoms with E-state index in [4.69, 9.17) is 0 Å². The molecule has 1 fully saturated rings. The molecule has 5 heteroatoms. The Bertz CT molecular complexity index is 692. The highest BCUT2D eigenvalue weighted by Crippen LogP contribution is 2.28. The normalized spacial score (nSPS) is 18.7. The Morgan fingerprint density at radius 3 is 2.83 bits per heavy atom. The topological polar surface area (TPSA) is 40.6 Å². The van der Waals surface area contributed by atoms with Crippen LogP contribution >= 0.6 is 11.3 Å². The fourth-order valence-corrected chi connectivity index (χ4v) is 4.08. The van der Waals surface area contributed by atoms with E-state index < -0.39 is 0 Å². The maximum absolute atomic E-state index is 13.0. The summed E-state index contributed by atoms with van der Waals surface area (Å²) in [5, 5.41) is 1.09. The van der Waals surface area contributed by atoms with E-state index in [0.717, 1.165) is 34.2 Å². The minimum absolute atomic E-state index is 0.00578. The fraction of sp³-hybridized carbons (Fsp3) is 0.444. The molecule has 0 saturated carbocycles. The number of fused-ring (bicyclic) bond motifs is 1. The van der Waals surface area contributed by atoms with Crippen molar-refractivity contribution >= 4 is 33.2 Å². The molecular formula is C18H22N2O2S. The molecule has 4 nitrogen and oxygen atoms in total. The van der Waals surface area contributed by atoms with E-state index in [2.05, 4.69) is 6.92 Å². The number of thiophene rings is 1. The lowest BCUT2D eigenvalue weighted by molar-refractivity contribution is -0.138. The van der Waals surface area contributed by atoms with Crippen LogP contribution in [0.3, 0.4) is 0 Å². The number of carbonyl (C=O) groups excluding carboxylic acids is 2. The van der Waals surface area contributed by atoms with Crippen LogP contribution in [0.15, 0.2) is 30.3 Å². The number of piperazine rings is 1. The number of hydrogen-bond acceptors (Lipinski definition) is 3. The molecule has 0 radical (unpaired) electrons. The van der Waals surface area contributed by atoms with E-state index in [0.29, 0.717) is 13.1 Å². The molecule has 0 N–H and O–H groups in total. The number of likely N-dealkylation sites (N-methyl/N-ethyl adjacent to an activating group) is 1. The van der Waals surface area contributed by atoms with Crippen molar-refractivity contribution in [1.82, 2.24) is 9.80 Å². The zero-order chi connectivity index (χ0) is 16.4. The zero-order valence-electron chi connectivity index (χ0n) is 13.6. The van der Waals surface area contributed by atoms with Crippen molar-refractivity contribution in [2.45, 2.75) is 32.2 Å². The second-order valence-electron chi connectivity index (χ2n) is 6.06. The van der Waals surface area contributed by atoms with Gasteiger partial charge in [0, 0.05) is 24.8 Å². The number of rotatable bonds is 4. The van der Waals surface area contributed by atoms with Crippen molar-refractivity contribution in [1.29, 1.82) is 0 Å². The molecule has 1 atom stereocenters. The highest BCUT2D eigenvalue weighted by atomic mass is 32.1. The van der Waals surface area contributed by atoms with Crippen LogP contribution in [0.4, 0.5) is 0 Å². The van der Waals surface area contributed by atoms with Crippen molar-refractivity contribution in [2.24, 2.45) is 0 Å². The van der Waals surface area contributed by atoms with Gasteiger partial charge in [-0.2, -0.15) is 0 Å². The molecule has 2 aromatic rings. The van der Waals surface area contributed by atoms with Gasteiger partial charge in [-0.1, -0.05) is 38.0 Å². The molecule has 1 aromatic heterocycles. The highest BCUT2D eigenvalue weighted by molar-refractivity contribution is 7.20. The van der Waals surface area contributed by atoms with E-state index in [1.54, 1.807) is 9.80 Å². The fourth-order valence-electron chi connectivity index (χ4n) is 3.06. The third kappa shape index (κ3) is 3.11. The molecule has 0 spiro atoms. The van der Waals surface area contributed by atoms with Crippen molar-refractivity contribution in [3.05, 3.63) is 35.2 Å². The molecule has 1 aliphatic rings. The molecule has 1 aliphatic heterocycles. The molecular weight excluding hydrogens is 308 g/mol. The first-order chi connectivity index (χ1) is 11.1. The predicted molar refractivity (Wildman–Crippen MR) is 93.8 cm³/mol. The van der Waals surface area contributed by atoms with Gasteiger partial charge in [-0.3, -0.25) is 9.59 Å².